The standard InChI is InChI=1S/C17H27N3O3S2/c1-10-14-12(18-11(2)24-14)8-17(10)6-7-20(15(21)22)13(9-17)19-25(23)16(3,4)5/h10,13,19H,6-9H2,1-5H3,(H,21,22)/t10?,13-,17?,25-/m1/s1. The Balaban J connectivity index is 1.83. The summed E-state index contributed by atoms with van der Waals surface area (Å²) in [6, 6.07) is 0. The molecule has 0 radical (unpaired) electrons. The SMILES string of the molecule is Cc1nc2c(s1)C(C)C1(CCN(C(=O)O)[C@@H](N[S@+]([O-])C(C)(C)C)C1)C2. The third-order valence-electron chi connectivity index (χ3n) is 5.54. The van der Waals surface area contributed by atoms with Gasteiger partial charge in [-0.25, -0.2) is 9.78 Å². The van der Waals surface area contributed by atoms with E-state index in [2.05, 4.69) is 16.6 Å². The molecule has 0 bridgehead atoms. The number of carboxylic acid groups (broad SMARTS) is 1. The van der Waals surface area contributed by atoms with Crippen molar-refractivity contribution in [1.82, 2.24) is 14.6 Å². The Morgan fingerprint density at radius 1 is 1.52 bits per heavy atom. The molecule has 2 heterocycles. The molecule has 2 aliphatic rings. The lowest BCUT2D eigenvalue weighted by atomic mass is 9.70. The number of carbonyl (C=O) groups is 1. The van der Waals surface area contributed by atoms with Crippen molar-refractivity contribution in [2.75, 3.05) is 6.54 Å². The number of fused-ring (bicyclic) bond motifs is 1. The van der Waals surface area contributed by atoms with Crippen LogP contribution in [0.4, 0.5) is 4.79 Å². The quantitative estimate of drug-likeness (QED) is 0.763. The average Bonchev–Trinajstić information content (AvgIpc) is 2.95. The van der Waals surface area contributed by atoms with E-state index in [0.29, 0.717) is 18.9 Å². The summed E-state index contributed by atoms with van der Waals surface area (Å²) in [6.45, 7) is 10.4. The van der Waals surface area contributed by atoms with Gasteiger partial charge in [-0.1, -0.05) is 6.92 Å². The van der Waals surface area contributed by atoms with Crippen molar-refractivity contribution in [2.24, 2.45) is 5.41 Å². The van der Waals surface area contributed by atoms with Crippen molar-refractivity contribution in [2.45, 2.75) is 70.7 Å². The Morgan fingerprint density at radius 3 is 2.76 bits per heavy atom. The second-order valence-electron chi connectivity index (χ2n) is 8.25. The molecule has 1 aliphatic heterocycles. The van der Waals surface area contributed by atoms with Crippen molar-refractivity contribution < 1.29 is 14.5 Å². The number of aryl methyl sites for hydroxylation is 1. The largest absolute Gasteiger partial charge is 0.598 e. The molecule has 0 aromatic carbocycles. The summed E-state index contributed by atoms with van der Waals surface area (Å²) in [5, 5.41) is 10.7. The van der Waals surface area contributed by atoms with E-state index >= 15 is 0 Å². The summed E-state index contributed by atoms with van der Waals surface area (Å²) in [4.78, 5) is 19.1. The molecule has 1 fully saturated rings. The zero-order chi connectivity index (χ0) is 18.6. The zero-order valence-corrected chi connectivity index (χ0v) is 17.1. The maximum absolute atomic E-state index is 12.6. The Morgan fingerprint density at radius 2 is 2.20 bits per heavy atom. The fraction of sp³-hybridized carbons (Fsp3) is 0.765. The molecule has 1 aromatic rings. The summed E-state index contributed by atoms with van der Waals surface area (Å²) in [6.07, 6.45) is 1.01. The van der Waals surface area contributed by atoms with E-state index in [1.165, 1.54) is 15.5 Å². The Hall–Kier alpha value is -0.830. The maximum Gasteiger partial charge on any atom is 0.408 e. The molecule has 0 saturated carbocycles. The van der Waals surface area contributed by atoms with Crippen LogP contribution in [-0.2, 0) is 17.8 Å². The molecular weight excluding hydrogens is 358 g/mol. The highest BCUT2D eigenvalue weighted by atomic mass is 32.2. The van der Waals surface area contributed by atoms with E-state index in [1.807, 2.05) is 27.7 Å². The average molecular weight is 386 g/mol. The normalized spacial score (nSPS) is 30.6. The third-order valence-corrected chi connectivity index (χ3v) is 8.33. The van der Waals surface area contributed by atoms with Crippen LogP contribution in [0.15, 0.2) is 0 Å². The summed E-state index contributed by atoms with van der Waals surface area (Å²) >= 11 is 0.445. The monoisotopic (exact) mass is 385 g/mol. The van der Waals surface area contributed by atoms with E-state index < -0.39 is 28.4 Å². The Labute approximate surface area is 156 Å². The highest BCUT2D eigenvalue weighted by Gasteiger charge is 2.52. The van der Waals surface area contributed by atoms with Gasteiger partial charge in [-0.05, 0) is 58.3 Å². The molecule has 4 atom stereocenters. The fourth-order valence-electron chi connectivity index (χ4n) is 4.00. The molecule has 1 saturated heterocycles. The number of amides is 1. The third kappa shape index (κ3) is 3.41. The van der Waals surface area contributed by atoms with Crippen LogP contribution >= 0.6 is 11.3 Å². The first-order valence-corrected chi connectivity index (χ1v) is 10.6. The minimum absolute atomic E-state index is 0.00751. The van der Waals surface area contributed by atoms with Crippen LogP contribution in [0, 0.1) is 12.3 Å². The number of aromatic nitrogens is 1. The van der Waals surface area contributed by atoms with Gasteiger partial charge in [-0.2, -0.15) is 0 Å². The maximum atomic E-state index is 12.6. The predicted octanol–water partition coefficient (Wildman–Crippen LogP) is 3.25. The highest BCUT2D eigenvalue weighted by molar-refractivity contribution is 7.90. The number of likely N-dealkylation sites (tertiary alicyclic amines) is 1. The summed E-state index contributed by atoms with van der Waals surface area (Å²) in [5.41, 5.74) is 1.18. The number of nitrogens with zero attached hydrogens (tertiary/aromatic N) is 2. The lowest BCUT2D eigenvalue weighted by molar-refractivity contribution is 0.0380. The van der Waals surface area contributed by atoms with E-state index in [4.69, 9.17) is 0 Å². The highest BCUT2D eigenvalue weighted by Crippen LogP contribution is 2.55. The molecule has 1 aliphatic carbocycles. The van der Waals surface area contributed by atoms with Crippen LogP contribution in [0.1, 0.15) is 62.0 Å². The number of thiazole rings is 1. The number of nitrogens with one attached hydrogen (secondary N) is 1. The first kappa shape index (κ1) is 18.9. The van der Waals surface area contributed by atoms with Gasteiger partial charge in [-0.3, -0.25) is 4.90 Å². The molecular formula is C17H27N3O3S2. The van der Waals surface area contributed by atoms with Crippen LogP contribution in [0.2, 0.25) is 0 Å². The number of hydrogen-bond acceptors (Lipinski definition) is 5. The Bertz CT molecular complexity index is 673. The second-order valence-corrected chi connectivity index (χ2v) is 11.5. The molecule has 140 valence electrons. The number of piperidine rings is 1. The van der Waals surface area contributed by atoms with Gasteiger partial charge in [-0.15, -0.1) is 16.1 Å². The van der Waals surface area contributed by atoms with Crippen molar-refractivity contribution in [3.05, 3.63) is 15.6 Å². The second kappa shape index (κ2) is 6.40. The minimum atomic E-state index is -1.31. The van der Waals surface area contributed by atoms with Crippen LogP contribution in [0.25, 0.3) is 0 Å². The van der Waals surface area contributed by atoms with Crippen molar-refractivity contribution >= 4 is 28.8 Å². The van der Waals surface area contributed by atoms with Crippen molar-refractivity contribution in [1.29, 1.82) is 0 Å². The molecule has 1 spiro atoms. The van der Waals surface area contributed by atoms with Gasteiger partial charge in [0, 0.05) is 22.8 Å². The summed E-state index contributed by atoms with van der Waals surface area (Å²) in [7, 11) is 0. The minimum Gasteiger partial charge on any atom is -0.598 e. The molecule has 8 heteroatoms. The topological polar surface area (TPSA) is 88.5 Å². The van der Waals surface area contributed by atoms with Crippen molar-refractivity contribution in [3.63, 3.8) is 0 Å². The first-order chi connectivity index (χ1) is 11.5. The van der Waals surface area contributed by atoms with Gasteiger partial charge in [0.25, 0.3) is 0 Å². The van der Waals surface area contributed by atoms with Gasteiger partial charge in [0.2, 0.25) is 0 Å². The fourth-order valence-corrected chi connectivity index (χ4v) is 5.95. The van der Waals surface area contributed by atoms with Gasteiger partial charge < -0.3 is 9.66 Å². The number of rotatable bonds is 2. The lowest BCUT2D eigenvalue weighted by Crippen LogP contribution is -2.59. The van der Waals surface area contributed by atoms with E-state index in [0.717, 1.165) is 17.8 Å². The molecule has 2 unspecified atom stereocenters. The molecule has 3 rings (SSSR count). The van der Waals surface area contributed by atoms with Crippen molar-refractivity contribution in [3.8, 4) is 0 Å². The van der Waals surface area contributed by atoms with Gasteiger partial charge in [0.15, 0.2) is 0 Å². The first-order valence-electron chi connectivity index (χ1n) is 8.67. The molecule has 6 nitrogen and oxygen atoms in total. The van der Waals surface area contributed by atoms with Gasteiger partial charge >= 0.3 is 6.09 Å². The number of hydrogen-bond donors (Lipinski definition) is 2. The Kier molecular flexibility index (Phi) is 4.85. The lowest BCUT2D eigenvalue weighted by Gasteiger charge is -2.46. The molecule has 1 amide bonds. The van der Waals surface area contributed by atoms with E-state index in [-0.39, 0.29) is 5.41 Å². The summed E-state index contributed by atoms with van der Waals surface area (Å²) < 4.78 is 15.2. The summed E-state index contributed by atoms with van der Waals surface area (Å²) in [5.74, 6) is 0.358. The predicted molar refractivity (Wildman–Crippen MR) is 100 cm³/mol. The zero-order valence-electron chi connectivity index (χ0n) is 15.5. The molecule has 1 aromatic heterocycles. The van der Waals surface area contributed by atoms with Gasteiger partial charge in [0.1, 0.15) is 10.9 Å². The smallest absolute Gasteiger partial charge is 0.408 e. The van der Waals surface area contributed by atoms with Crippen LogP contribution in [0.5, 0.6) is 0 Å². The van der Waals surface area contributed by atoms with Crippen LogP contribution < -0.4 is 4.72 Å². The van der Waals surface area contributed by atoms with E-state index in [9.17, 15) is 14.5 Å². The van der Waals surface area contributed by atoms with Crippen LogP contribution in [-0.4, -0.2) is 43.1 Å². The molecule has 25 heavy (non-hydrogen) atoms. The van der Waals surface area contributed by atoms with Crippen LogP contribution in [0.3, 0.4) is 0 Å². The van der Waals surface area contributed by atoms with Gasteiger partial charge in [0.05, 0.1) is 10.7 Å². The molecule has 2 N–H and O–H groups in total. The van der Waals surface area contributed by atoms with E-state index in [1.54, 1.807) is 11.3 Å².